The lowest BCUT2D eigenvalue weighted by molar-refractivity contribution is 0.395. The summed E-state index contributed by atoms with van der Waals surface area (Å²) in [5.41, 5.74) is 6.37. The minimum atomic E-state index is 0.271. The molecule has 0 aliphatic carbocycles. The van der Waals surface area contributed by atoms with Gasteiger partial charge in [-0.05, 0) is 11.5 Å². The fourth-order valence-corrected chi connectivity index (χ4v) is 1.72. The molecular formula is C7H9N5OS. The van der Waals surface area contributed by atoms with Gasteiger partial charge >= 0.3 is 0 Å². The maximum Gasteiger partial charge on any atom is 0.239 e. The summed E-state index contributed by atoms with van der Waals surface area (Å²) in [6.45, 7) is 0.573. The summed E-state index contributed by atoms with van der Waals surface area (Å²) in [6.07, 6.45) is 1.58. The highest BCUT2D eigenvalue weighted by Crippen LogP contribution is 2.19. The van der Waals surface area contributed by atoms with E-state index in [2.05, 4.69) is 14.5 Å². The Hall–Kier alpha value is -1.63. The van der Waals surface area contributed by atoms with Crippen molar-refractivity contribution < 1.29 is 4.74 Å². The number of nitrogens with zero attached hydrogens (tertiary/aromatic N) is 4. The van der Waals surface area contributed by atoms with Crippen molar-refractivity contribution in [3.63, 3.8) is 0 Å². The van der Waals surface area contributed by atoms with Crippen molar-refractivity contribution in [3.05, 3.63) is 17.3 Å². The van der Waals surface area contributed by atoms with E-state index in [9.17, 15) is 0 Å². The molecule has 2 aromatic heterocycles. The van der Waals surface area contributed by atoms with Gasteiger partial charge in [-0.15, -0.1) is 5.10 Å². The number of hydrogen-bond donors (Lipinski definition) is 1. The molecule has 0 radical (unpaired) electrons. The van der Waals surface area contributed by atoms with Crippen molar-refractivity contribution in [3.8, 4) is 5.88 Å². The zero-order valence-corrected chi connectivity index (χ0v) is 8.36. The Morgan fingerprint density at radius 3 is 3.14 bits per heavy atom. The van der Waals surface area contributed by atoms with Crippen LogP contribution in [0.5, 0.6) is 5.88 Å². The molecule has 0 aromatic carbocycles. The fraction of sp³-hybridized carbons (Fsp3) is 0.286. The second-order valence-corrected chi connectivity index (χ2v) is 3.28. The number of ether oxygens (including phenoxy) is 1. The number of methoxy groups -OCH3 is 1. The van der Waals surface area contributed by atoms with Crippen LogP contribution in [-0.2, 0) is 6.54 Å². The first-order chi connectivity index (χ1) is 6.79. The lowest BCUT2D eigenvalue weighted by Gasteiger charge is -1.99. The molecule has 0 unspecified atom stereocenters. The first kappa shape index (κ1) is 8.95. The third kappa shape index (κ3) is 1.67. The molecule has 2 aromatic rings. The van der Waals surface area contributed by atoms with E-state index in [4.69, 9.17) is 10.5 Å². The van der Waals surface area contributed by atoms with Crippen LogP contribution in [-0.4, -0.2) is 26.2 Å². The zero-order valence-electron chi connectivity index (χ0n) is 7.54. The Morgan fingerprint density at radius 2 is 2.50 bits per heavy atom. The molecule has 0 atom stereocenters. The highest BCUT2D eigenvalue weighted by Gasteiger charge is 2.07. The zero-order chi connectivity index (χ0) is 9.97. The van der Waals surface area contributed by atoms with Crippen LogP contribution in [0.3, 0.4) is 0 Å². The van der Waals surface area contributed by atoms with Crippen LogP contribution >= 0.6 is 11.5 Å². The maximum absolute atomic E-state index is 5.39. The second kappa shape index (κ2) is 3.62. The van der Waals surface area contributed by atoms with Gasteiger partial charge in [0, 0.05) is 10.9 Å². The standard InChI is InChI=1S/C7H9N5OS/c1-13-6-5(3-14-11-6)2-12-4-9-7(8)10-12/h3-4H,2H2,1H3,(H2,8,10). The van der Waals surface area contributed by atoms with Gasteiger partial charge in [0.15, 0.2) is 0 Å². The lowest BCUT2D eigenvalue weighted by Crippen LogP contribution is -2.01. The molecule has 0 aliphatic rings. The average molecular weight is 211 g/mol. The summed E-state index contributed by atoms with van der Waals surface area (Å²) in [4.78, 5) is 3.82. The van der Waals surface area contributed by atoms with Crippen molar-refractivity contribution in [2.45, 2.75) is 6.54 Å². The summed E-state index contributed by atoms with van der Waals surface area (Å²) in [7, 11) is 1.59. The van der Waals surface area contributed by atoms with Gasteiger partial charge in [-0.1, -0.05) is 0 Å². The number of nitrogens with two attached hydrogens (primary N) is 1. The topological polar surface area (TPSA) is 78.8 Å². The van der Waals surface area contributed by atoms with E-state index >= 15 is 0 Å². The highest BCUT2D eigenvalue weighted by molar-refractivity contribution is 7.03. The summed E-state index contributed by atoms with van der Waals surface area (Å²) < 4.78 is 10.8. The fourth-order valence-electron chi connectivity index (χ4n) is 1.08. The van der Waals surface area contributed by atoms with Crippen LogP contribution in [0.2, 0.25) is 0 Å². The van der Waals surface area contributed by atoms with Gasteiger partial charge in [0.1, 0.15) is 6.33 Å². The molecule has 74 valence electrons. The van der Waals surface area contributed by atoms with Crippen molar-refractivity contribution in [2.75, 3.05) is 12.8 Å². The molecular weight excluding hydrogens is 202 g/mol. The molecule has 0 amide bonds. The molecule has 0 fully saturated rings. The summed E-state index contributed by atoms with van der Waals surface area (Å²) in [5.74, 6) is 0.899. The largest absolute Gasteiger partial charge is 0.480 e. The van der Waals surface area contributed by atoms with Gasteiger partial charge in [-0.3, -0.25) is 0 Å². The van der Waals surface area contributed by atoms with E-state index < -0.39 is 0 Å². The predicted molar refractivity (Wildman–Crippen MR) is 52.2 cm³/mol. The van der Waals surface area contributed by atoms with E-state index in [1.165, 1.54) is 11.5 Å². The summed E-state index contributed by atoms with van der Waals surface area (Å²) in [6, 6.07) is 0. The molecule has 0 bridgehead atoms. The molecule has 0 spiro atoms. The average Bonchev–Trinajstić information content (AvgIpc) is 2.76. The van der Waals surface area contributed by atoms with Gasteiger partial charge < -0.3 is 10.5 Å². The molecule has 7 heteroatoms. The van der Waals surface area contributed by atoms with E-state index in [1.54, 1.807) is 18.1 Å². The number of anilines is 1. The molecule has 2 rings (SSSR count). The Labute approximate surface area is 84.5 Å². The number of aromatic nitrogens is 4. The van der Waals surface area contributed by atoms with Crippen LogP contribution in [0.4, 0.5) is 5.95 Å². The van der Waals surface area contributed by atoms with E-state index in [-0.39, 0.29) is 5.95 Å². The molecule has 2 heterocycles. The third-order valence-corrected chi connectivity index (χ3v) is 2.35. The molecule has 14 heavy (non-hydrogen) atoms. The van der Waals surface area contributed by atoms with Crippen LogP contribution in [0.15, 0.2) is 11.7 Å². The van der Waals surface area contributed by atoms with Crippen LogP contribution in [0.25, 0.3) is 0 Å². The van der Waals surface area contributed by atoms with Crippen molar-refractivity contribution >= 4 is 17.5 Å². The highest BCUT2D eigenvalue weighted by atomic mass is 32.1. The van der Waals surface area contributed by atoms with Gasteiger partial charge in [0.05, 0.1) is 13.7 Å². The Bertz CT molecular complexity index is 423. The Kier molecular flexibility index (Phi) is 2.32. The minimum Gasteiger partial charge on any atom is -0.480 e. The number of nitrogen functional groups attached to an aromatic ring is 1. The Balaban J connectivity index is 2.18. The van der Waals surface area contributed by atoms with Crippen molar-refractivity contribution in [1.82, 2.24) is 19.1 Å². The normalized spacial score (nSPS) is 10.4. The van der Waals surface area contributed by atoms with E-state index in [0.29, 0.717) is 12.4 Å². The monoisotopic (exact) mass is 211 g/mol. The van der Waals surface area contributed by atoms with Crippen LogP contribution in [0, 0.1) is 0 Å². The molecule has 6 nitrogen and oxygen atoms in total. The first-order valence-electron chi connectivity index (χ1n) is 3.91. The molecule has 0 saturated carbocycles. The summed E-state index contributed by atoms with van der Waals surface area (Å²) >= 11 is 1.35. The van der Waals surface area contributed by atoms with E-state index in [0.717, 1.165) is 5.56 Å². The smallest absolute Gasteiger partial charge is 0.239 e. The molecule has 0 aliphatic heterocycles. The number of hydrogen-bond acceptors (Lipinski definition) is 6. The van der Waals surface area contributed by atoms with Crippen molar-refractivity contribution in [2.24, 2.45) is 0 Å². The predicted octanol–water partition coefficient (Wildman–Crippen LogP) is 0.374. The molecule has 2 N–H and O–H groups in total. The lowest BCUT2D eigenvalue weighted by atomic mass is 10.3. The quantitative estimate of drug-likeness (QED) is 0.793. The van der Waals surface area contributed by atoms with Crippen LogP contribution < -0.4 is 10.5 Å². The second-order valence-electron chi connectivity index (χ2n) is 2.65. The SMILES string of the molecule is COc1nscc1Cn1cnc(N)n1. The van der Waals surface area contributed by atoms with Gasteiger partial charge in [-0.25, -0.2) is 9.67 Å². The van der Waals surface area contributed by atoms with E-state index in [1.807, 2.05) is 5.38 Å². The maximum atomic E-state index is 5.39. The van der Waals surface area contributed by atoms with Gasteiger partial charge in [-0.2, -0.15) is 4.37 Å². The number of rotatable bonds is 3. The third-order valence-electron chi connectivity index (χ3n) is 1.69. The van der Waals surface area contributed by atoms with Crippen LogP contribution in [0.1, 0.15) is 5.56 Å². The van der Waals surface area contributed by atoms with Crippen molar-refractivity contribution in [1.29, 1.82) is 0 Å². The van der Waals surface area contributed by atoms with Gasteiger partial charge in [0.2, 0.25) is 11.8 Å². The summed E-state index contributed by atoms with van der Waals surface area (Å²) in [5, 5.41) is 5.88. The molecule has 0 saturated heterocycles. The van der Waals surface area contributed by atoms with Gasteiger partial charge in [0.25, 0.3) is 0 Å². The first-order valence-corrected chi connectivity index (χ1v) is 4.75. The minimum absolute atomic E-state index is 0.271. The Morgan fingerprint density at radius 1 is 1.64 bits per heavy atom.